The Balaban J connectivity index is 2.05. The first kappa shape index (κ1) is 12.6. The fourth-order valence-corrected chi connectivity index (χ4v) is 2.24. The van der Waals surface area contributed by atoms with Gasteiger partial charge in [-0.1, -0.05) is 54.6 Å². The van der Waals surface area contributed by atoms with Crippen molar-refractivity contribution in [1.82, 2.24) is 0 Å². The summed E-state index contributed by atoms with van der Waals surface area (Å²) in [6.45, 7) is 5.82. The summed E-state index contributed by atoms with van der Waals surface area (Å²) >= 11 is 0. The second-order valence-corrected chi connectivity index (χ2v) is 4.61. The van der Waals surface area contributed by atoms with Gasteiger partial charge in [-0.25, -0.2) is 0 Å². The van der Waals surface area contributed by atoms with Crippen LogP contribution in [0.25, 0.3) is 0 Å². The van der Waals surface area contributed by atoms with Gasteiger partial charge in [0.25, 0.3) is 0 Å². The predicted molar refractivity (Wildman–Crippen MR) is 78.8 cm³/mol. The van der Waals surface area contributed by atoms with E-state index in [0.29, 0.717) is 5.92 Å². The molecule has 1 aromatic rings. The first-order valence-corrected chi connectivity index (χ1v) is 6.38. The summed E-state index contributed by atoms with van der Waals surface area (Å²) in [5, 5.41) is 0. The van der Waals surface area contributed by atoms with Gasteiger partial charge in [-0.15, -0.1) is 0 Å². The lowest BCUT2D eigenvalue weighted by molar-refractivity contribution is 0.736. The first-order chi connectivity index (χ1) is 8.79. The molecule has 0 bridgehead atoms. The monoisotopic (exact) mass is 237 g/mol. The summed E-state index contributed by atoms with van der Waals surface area (Å²) in [4.78, 5) is 4.36. The second-order valence-electron chi connectivity index (χ2n) is 4.61. The van der Waals surface area contributed by atoms with Crippen molar-refractivity contribution in [3.05, 3.63) is 72.5 Å². The number of benzene rings is 1. The smallest absolute Gasteiger partial charge is 0.0472 e. The van der Waals surface area contributed by atoms with E-state index in [1.54, 1.807) is 6.20 Å². The Bertz CT molecular complexity index is 492. The lowest BCUT2D eigenvalue weighted by Gasteiger charge is -2.17. The Labute approximate surface area is 109 Å². The molecule has 1 heteroatoms. The summed E-state index contributed by atoms with van der Waals surface area (Å²) in [5.41, 5.74) is 3.82. The maximum Gasteiger partial charge on any atom is 0.0472 e. The molecule has 0 fully saturated rings. The van der Waals surface area contributed by atoms with E-state index in [4.69, 9.17) is 0 Å². The number of aryl methyl sites for hydroxylation is 1. The summed E-state index contributed by atoms with van der Waals surface area (Å²) in [6.07, 6.45) is 10.3. The van der Waals surface area contributed by atoms with Gasteiger partial charge in [0.15, 0.2) is 0 Å². The van der Waals surface area contributed by atoms with Crippen molar-refractivity contribution in [3.63, 3.8) is 0 Å². The molecule has 1 aliphatic carbocycles. The molecule has 0 aromatic heterocycles. The van der Waals surface area contributed by atoms with Crippen LogP contribution in [0.5, 0.6) is 0 Å². The van der Waals surface area contributed by atoms with E-state index in [2.05, 4.69) is 67.1 Å². The highest BCUT2D eigenvalue weighted by Gasteiger charge is 2.14. The zero-order chi connectivity index (χ0) is 12.8. The van der Waals surface area contributed by atoms with Crippen LogP contribution in [0.15, 0.2) is 71.9 Å². The van der Waals surface area contributed by atoms with Crippen LogP contribution in [0.3, 0.4) is 0 Å². The lowest BCUT2D eigenvalue weighted by Crippen LogP contribution is -2.14. The number of hydrogen-bond donors (Lipinski definition) is 0. The molecule has 0 radical (unpaired) electrons. The van der Waals surface area contributed by atoms with Gasteiger partial charge >= 0.3 is 0 Å². The van der Waals surface area contributed by atoms with Crippen LogP contribution in [0, 0.1) is 5.92 Å². The van der Waals surface area contributed by atoms with Crippen LogP contribution >= 0.6 is 0 Å². The summed E-state index contributed by atoms with van der Waals surface area (Å²) in [7, 11) is 0. The van der Waals surface area contributed by atoms with E-state index < -0.39 is 0 Å². The zero-order valence-electron chi connectivity index (χ0n) is 10.8. The van der Waals surface area contributed by atoms with E-state index in [9.17, 15) is 0 Å². The van der Waals surface area contributed by atoms with Crippen LogP contribution in [0.2, 0.25) is 0 Å². The average molecular weight is 237 g/mol. The highest BCUT2D eigenvalue weighted by atomic mass is 14.7. The van der Waals surface area contributed by atoms with Crippen molar-refractivity contribution in [1.29, 1.82) is 0 Å². The van der Waals surface area contributed by atoms with Crippen LogP contribution in [-0.4, -0.2) is 5.71 Å². The fraction of sp³-hybridized carbons (Fsp3) is 0.235. The van der Waals surface area contributed by atoms with Crippen molar-refractivity contribution in [2.45, 2.75) is 19.8 Å². The summed E-state index contributed by atoms with van der Waals surface area (Å²) in [5.74, 6) is 0.410. The zero-order valence-corrected chi connectivity index (χ0v) is 10.8. The first-order valence-electron chi connectivity index (χ1n) is 6.38. The molecule has 1 aromatic carbocycles. The predicted octanol–water partition coefficient (Wildman–Crippen LogP) is 4.34. The maximum atomic E-state index is 4.36. The molecule has 1 atom stereocenters. The van der Waals surface area contributed by atoms with Gasteiger partial charge in [-0.3, -0.25) is 4.99 Å². The third-order valence-corrected chi connectivity index (χ3v) is 3.19. The van der Waals surface area contributed by atoms with Gasteiger partial charge in [-0.05, 0) is 31.4 Å². The van der Waals surface area contributed by atoms with E-state index in [0.717, 1.165) is 18.6 Å². The Hall–Kier alpha value is -1.89. The number of allylic oxidation sites excluding steroid dienone is 4. The molecule has 0 saturated carbocycles. The topological polar surface area (TPSA) is 12.4 Å². The number of rotatable bonds is 4. The van der Waals surface area contributed by atoms with Gasteiger partial charge in [0.05, 0.1) is 0 Å². The van der Waals surface area contributed by atoms with Gasteiger partial charge in [0.2, 0.25) is 0 Å². The van der Waals surface area contributed by atoms with E-state index >= 15 is 0 Å². The number of nitrogens with zero attached hydrogens (tertiary/aromatic N) is 1. The van der Waals surface area contributed by atoms with Gasteiger partial charge in [0, 0.05) is 17.8 Å². The molecule has 0 saturated heterocycles. The van der Waals surface area contributed by atoms with Gasteiger partial charge in [0.1, 0.15) is 0 Å². The van der Waals surface area contributed by atoms with E-state index in [1.807, 2.05) is 0 Å². The third-order valence-electron chi connectivity index (χ3n) is 3.19. The Kier molecular flexibility index (Phi) is 4.30. The molecule has 1 aliphatic rings. The van der Waals surface area contributed by atoms with Crippen molar-refractivity contribution < 1.29 is 0 Å². The molecule has 2 rings (SSSR count). The lowest BCUT2D eigenvalue weighted by atomic mass is 9.89. The van der Waals surface area contributed by atoms with Crippen LogP contribution in [0.4, 0.5) is 0 Å². The minimum Gasteiger partial charge on any atom is -0.261 e. The quantitative estimate of drug-likeness (QED) is 0.739. The Morgan fingerprint density at radius 1 is 1.22 bits per heavy atom. The van der Waals surface area contributed by atoms with E-state index in [-0.39, 0.29) is 0 Å². The van der Waals surface area contributed by atoms with Crippen molar-refractivity contribution in [2.24, 2.45) is 10.9 Å². The largest absolute Gasteiger partial charge is 0.261 e. The van der Waals surface area contributed by atoms with E-state index in [1.165, 1.54) is 11.1 Å². The highest BCUT2D eigenvalue weighted by molar-refractivity contribution is 5.99. The summed E-state index contributed by atoms with van der Waals surface area (Å²) < 4.78 is 0. The molecule has 1 nitrogen and oxygen atoms in total. The van der Waals surface area contributed by atoms with Gasteiger partial charge < -0.3 is 0 Å². The molecule has 18 heavy (non-hydrogen) atoms. The molecular formula is C17H19N. The Morgan fingerprint density at radius 3 is 2.72 bits per heavy atom. The SMILES string of the molecule is C=CN=C1C=CC(C)=CC1CCc1ccccc1. The molecule has 0 N–H and O–H groups in total. The fourth-order valence-electron chi connectivity index (χ4n) is 2.24. The Morgan fingerprint density at radius 2 is 2.00 bits per heavy atom. The number of hydrogen-bond acceptors (Lipinski definition) is 1. The maximum absolute atomic E-state index is 4.36. The average Bonchev–Trinajstić information content (AvgIpc) is 2.40. The van der Waals surface area contributed by atoms with Crippen LogP contribution in [0.1, 0.15) is 18.9 Å². The molecule has 0 amide bonds. The minimum absolute atomic E-state index is 0.410. The van der Waals surface area contributed by atoms with Crippen LogP contribution < -0.4 is 0 Å². The molecule has 0 aliphatic heterocycles. The third kappa shape index (κ3) is 3.30. The molecule has 1 unspecified atom stereocenters. The molecule has 0 spiro atoms. The molecule has 92 valence electrons. The summed E-state index contributed by atoms with van der Waals surface area (Å²) in [6, 6.07) is 10.6. The second kappa shape index (κ2) is 6.15. The van der Waals surface area contributed by atoms with Crippen molar-refractivity contribution in [2.75, 3.05) is 0 Å². The number of aliphatic imine (C=N–C) groups is 1. The van der Waals surface area contributed by atoms with Gasteiger partial charge in [-0.2, -0.15) is 0 Å². The standard InChI is InChI=1S/C17H19N/c1-3-18-17-12-9-14(2)13-16(17)11-10-15-7-5-4-6-8-15/h3-9,12-13,16H,1,10-11H2,2H3. The van der Waals surface area contributed by atoms with Crippen molar-refractivity contribution in [3.8, 4) is 0 Å². The normalized spacial score (nSPS) is 20.8. The minimum atomic E-state index is 0.410. The highest BCUT2D eigenvalue weighted by Crippen LogP contribution is 2.20. The van der Waals surface area contributed by atoms with Crippen molar-refractivity contribution >= 4 is 5.71 Å². The van der Waals surface area contributed by atoms with Crippen LogP contribution in [-0.2, 0) is 6.42 Å². The molecular weight excluding hydrogens is 218 g/mol. The molecule has 0 heterocycles.